The number of hydrogen-bond acceptors (Lipinski definition) is 3. The van der Waals surface area contributed by atoms with Crippen LogP contribution < -0.4 is 10.1 Å². The minimum absolute atomic E-state index is 0.00947. The highest BCUT2D eigenvalue weighted by Crippen LogP contribution is 2.30. The second-order valence-corrected chi connectivity index (χ2v) is 8.42. The lowest BCUT2D eigenvalue weighted by molar-refractivity contribution is -0.133. The molecule has 176 valence electrons. The molecule has 0 atom stereocenters. The van der Waals surface area contributed by atoms with Crippen molar-refractivity contribution in [3.05, 3.63) is 89.2 Å². The number of hydrogen-bond donors (Lipinski definition) is 1. The number of benzene rings is 3. The summed E-state index contributed by atoms with van der Waals surface area (Å²) < 4.78 is 46.3. The third-order valence-electron chi connectivity index (χ3n) is 5.89. The van der Waals surface area contributed by atoms with E-state index in [2.05, 4.69) is 5.32 Å². The summed E-state index contributed by atoms with van der Waals surface area (Å²) in [6.07, 6.45) is 4.77. The fourth-order valence-corrected chi connectivity index (χ4v) is 4.13. The summed E-state index contributed by atoms with van der Waals surface area (Å²) in [7, 11) is 0. The molecule has 1 N–H and O–H groups in total. The number of esters is 1. The van der Waals surface area contributed by atoms with E-state index >= 15 is 0 Å². The van der Waals surface area contributed by atoms with Crippen LogP contribution in [0.4, 0.5) is 13.2 Å². The molecule has 1 fully saturated rings. The van der Waals surface area contributed by atoms with E-state index in [1.54, 1.807) is 0 Å². The van der Waals surface area contributed by atoms with E-state index in [1.165, 1.54) is 48.5 Å². The van der Waals surface area contributed by atoms with E-state index in [9.17, 15) is 22.8 Å². The third kappa shape index (κ3) is 5.84. The zero-order chi connectivity index (χ0) is 24.1. The molecule has 1 aliphatic carbocycles. The monoisotopic (exact) mass is 467 g/mol. The summed E-state index contributed by atoms with van der Waals surface area (Å²) in [4.78, 5) is 25.7. The summed E-state index contributed by atoms with van der Waals surface area (Å²) in [6, 6.07) is 13.0. The van der Waals surface area contributed by atoms with Crippen LogP contribution in [0, 0.1) is 17.5 Å². The molecule has 0 bridgehead atoms. The largest absolute Gasteiger partial charge is 0.425 e. The Morgan fingerprint density at radius 1 is 0.853 bits per heavy atom. The van der Waals surface area contributed by atoms with E-state index in [0.29, 0.717) is 11.1 Å². The van der Waals surface area contributed by atoms with Crippen molar-refractivity contribution in [2.24, 2.45) is 0 Å². The maximum atomic E-state index is 14.4. The van der Waals surface area contributed by atoms with Crippen LogP contribution in [0.5, 0.6) is 5.75 Å². The Morgan fingerprint density at radius 3 is 2.26 bits per heavy atom. The van der Waals surface area contributed by atoms with Gasteiger partial charge in [0.05, 0.1) is 12.0 Å². The number of carbonyl (C=O) groups excluding carboxylic acids is 2. The van der Waals surface area contributed by atoms with Gasteiger partial charge in [-0.25, -0.2) is 13.2 Å². The zero-order valence-electron chi connectivity index (χ0n) is 18.5. The van der Waals surface area contributed by atoms with Crippen molar-refractivity contribution in [3.8, 4) is 16.9 Å². The molecular weight excluding hydrogens is 443 g/mol. The lowest BCUT2D eigenvalue weighted by atomic mass is 9.95. The second kappa shape index (κ2) is 10.5. The molecule has 4 rings (SSSR count). The van der Waals surface area contributed by atoms with E-state index in [4.69, 9.17) is 4.74 Å². The molecule has 7 heteroatoms. The third-order valence-corrected chi connectivity index (χ3v) is 5.89. The summed E-state index contributed by atoms with van der Waals surface area (Å²) in [5, 5.41) is 2.98. The zero-order valence-corrected chi connectivity index (χ0v) is 18.5. The molecule has 1 saturated carbocycles. The molecule has 0 aliphatic heterocycles. The predicted molar refractivity (Wildman–Crippen MR) is 122 cm³/mol. The summed E-state index contributed by atoms with van der Waals surface area (Å²) in [5.74, 6) is -2.91. The molecule has 4 nitrogen and oxygen atoms in total. The first-order chi connectivity index (χ1) is 16.4. The number of rotatable bonds is 6. The lowest BCUT2D eigenvalue weighted by Crippen LogP contribution is -2.36. The van der Waals surface area contributed by atoms with Crippen LogP contribution in [0.1, 0.15) is 48.0 Å². The molecule has 1 amide bonds. The van der Waals surface area contributed by atoms with Crippen LogP contribution in [0.25, 0.3) is 11.1 Å². The van der Waals surface area contributed by atoms with Crippen LogP contribution in [0.3, 0.4) is 0 Å². The first-order valence-corrected chi connectivity index (χ1v) is 11.2. The standard InChI is InChI=1S/C27H24F3NO3/c28-19-9-6-17(7-10-19)14-26(32)34-25-13-8-18(22-12-11-20(29)16-24(22)30)15-23(25)27(33)31-21-4-2-1-3-5-21/h6-13,15-16,21H,1-5,14H2,(H,31,33). The van der Waals surface area contributed by atoms with E-state index in [1.807, 2.05) is 0 Å². The van der Waals surface area contributed by atoms with E-state index in [-0.39, 0.29) is 29.3 Å². The highest BCUT2D eigenvalue weighted by molar-refractivity contribution is 5.99. The van der Waals surface area contributed by atoms with Gasteiger partial charge < -0.3 is 10.1 Å². The topological polar surface area (TPSA) is 55.4 Å². The molecule has 1 aliphatic rings. The van der Waals surface area contributed by atoms with Crippen LogP contribution in [-0.2, 0) is 11.2 Å². The smallest absolute Gasteiger partial charge is 0.315 e. The second-order valence-electron chi connectivity index (χ2n) is 8.42. The number of amides is 1. The van der Waals surface area contributed by atoms with Crippen molar-refractivity contribution in [3.63, 3.8) is 0 Å². The van der Waals surface area contributed by atoms with Gasteiger partial charge in [-0.15, -0.1) is 0 Å². The highest BCUT2D eigenvalue weighted by Gasteiger charge is 2.22. The first-order valence-electron chi connectivity index (χ1n) is 11.2. The molecule has 0 saturated heterocycles. The van der Waals surface area contributed by atoms with Gasteiger partial charge in [-0.1, -0.05) is 37.5 Å². The van der Waals surface area contributed by atoms with Gasteiger partial charge in [-0.2, -0.15) is 0 Å². The van der Waals surface area contributed by atoms with Crippen LogP contribution in [-0.4, -0.2) is 17.9 Å². The van der Waals surface area contributed by atoms with Gasteiger partial charge in [-0.05, 0) is 60.4 Å². The van der Waals surface area contributed by atoms with Gasteiger partial charge in [0.2, 0.25) is 0 Å². The molecule has 0 radical (unpaired) electrons. The molecular formula is C27H24F3NO3. The van der Waals surface area contributed by atoms with Crippen molar-refractivity contribution in [1.29, 1.82) is 0 Å². The molecule has 0 spiro atoms. The Morgan fingerprint density at radius 2 is 1.56 bits per heavy atom. The van der Waals surface area contributed by atoms with Gasteiger partial charge >= 0.3 is 5.97 Å². The fourth-order valence-electron chi connectivity index (χ4n) is 4.13. The number of nitrogens with one attached hydrogen (secondary N) is 1. The van der Waals surface area contributed by atoms with Gasteiger partial charge in [0.15, 0.2) is 0 Å². The maximum Gasteiger partial charge on any atom is 0.315 e. The van der Waals surface area contributed by atoms with Crippen molar-refractivity contribution in [2.75, 3.05) is 0 Å². The average Bonchev–Trinajstić information content (AvgIpc) is 2.81. The van der Waals surface area contributed by atoms with Crippen LogP contribution in [0.2, 0.25) is 0 Å². The molecule has 34 heavy (non-hydrogen) atoms. The van der Waals surface area contributed by atoms with Gasteiger partial charge in [0, 0.05) is 17.7 Å². The number of carbonyl (C=O) groups is 2. The van der Waals surface area contributed by atoms with Crippen LogP contribution in [0.15, 0.2) is 60.7 Å². The summed E-state index contributed by atoms with van der Waals surface area (Å²) in [6.45, 7) is 0. The minimum Gasteiger partial charge on any atom is -0.425 e. The first kappa shape index (κ1) is 23.5. The van der Waals surface area contributed by atoms with Crippen molar-refractivity contribution in [1.82, 2.24) is 5.32 Å². The number of ether oxygens (including phenoxy) is 1. The normalized spacial score (nSPS) is 14.0. The van der Waals surface area contributed by atoms with E-state index in [0.717, 1.165) is 44.2 Å². The molecule has 3 aromatic carbocycles. The summed E-state index contributed by atoms with van der Waals surface area (Å²) >= 11 is 0. The highest BCUT2D eigenvalue weighted by atomic mass is 19.1. The molecule has 0 unspecified atom stereocenters. The summed E-state index contributed by atoms with van der Waals surface area (Å²) in [5.41, 5.74) is 1.12. The Bertz CT molecular complexity index is 1190. The van der Waals surface area contributed by atoms with Crippen molar-refractivity contribution in [2.45, 2.75) is 44.6 Å². The molecule has 0 heterocycles. The SMILES string of the molecule is O=C(Cc1ccc(F)cc1)Oc1ccc(-c2ccc(F)cc2F)cc1C(=O)NC1CCCCC1. The number of halogens is 3. The van der Waals surface area contributed by atoms with Crippen LogP contribution >= 0.6 is 0 Å². The van der Waals surface area contributed by atoms with Crippen molar-refractivity contribution < 1.29 is 27.5 Å². The van der Waals surface area contributed by atoms with Gasteiger partial charge in [0.1, 0.15) is 23.2 Å². The minimum atomic E-state index is -0.764. The Balaban J connectivity index is 1.61. The van der Waals surface area contributed by atoms with Gasteiger partial charge in [-0.3, -0.25) is 9.59 Å². The Hall–Kier alpha value is -3.61. The average molecular weight is 467 g/mol. The fraction of sp³-hybridized carbons (Fsp3) is 0.259. The molecule has 0 aromatic heterocycles. The Labute approximate surface area is 195 Å². The van der Waals surface area contributed by atoms with Crippen molar-refractivity contribution >= 4 is 11.9 Å². The quantitative estimate of drug-likeness (QED) is 0.358. The predicted octanol–water partition coefficient (Wildman–Crippen LogP) is 5.98. The molecule has 3 aromatic rings. The maximum absolute atomic E-state index is 14.4. The lowest BCUT2D eigenvalue weighted by Gasteiger charge is -2.23. The Kier molecular flexibility index (Phi) is 7.30. The van der Waals surface area contributed by atoms with Gasteiger partial charge in [0.25, 0.3) is 5.91 Å². The van der Waals surface area contributed by atoms with E-state index < -0.39 is 29.3 Å².